The molecule has 3 fully saturated rings. The maximum absolute atomic E-state index is 5.76. The largest absolute Gasteiger partial charge is 0.382 e. The summed E-state index contributed by atoms with van der Waals surface area (Å²) in [7, 11) is 3.59. The van der Waals surface area contributed by atoms with Gasteiger partial charge < -0.3 is 24.4 Å². The third-order valence-electron chi connectivity index (χ3n) is 5.78. The normalized spacial score (nSPS) is 27.2. The van der Waals surface area contributed by atoms with Gasteiger partial charge in [0.15, 0.2) is 5.96 Å². The molecule has 0 bridgehead atoms. The van der Waals surface area contributed by atoms with Crippen LogP contribution in [0.1, 0.15) is 25.7 Å². The van der Waals surface area contributed by atoms with Crippen molar-refractivity contribution in [1.82, 2.24) is 15.1 Å². The van der Waals surface area contributed by atoms with Crippen molar-refractivity contribution < 1.29 is 14.2 Å². The lowest BCUT2D eigenvalue weighted by atomic mass is 9.88. The molecule has 1 N–H and O–H groups in total. The monoisotopic (exact) mass is 482 g/mol. The quantitative estimate of drug-likeness (QED) is 0.361. The van der Waals surface area contributed by atoms with E-state index in [0.717, 1.165) is 58.3 Å². The van der Waals surface area contributed by atoms with E-state index >= 15 is 0 Å². The lowest BCUT2D eigenvalue weighted by Crippen LogP contribution is -2.60. The minimum atomic E-state index is 0. The zero-order valence-corrected chi connectivity index (χ0v) is 18.6. The second-order valence-corrected chi connectivity index (χ2v) is 7.33. The van der Waals surface area contributed by atoms with Crippen LogP contribution >= 0.6 is 24.0 Å². The van der Waals surface area contributed by atoms with Gasteiger partial charge in [0, 0.05) is 52.5 Å². The van der Waals surface area contributed by atoms with Crippen molar-refractivity contribution in [2.24, 2.45) is 4.99 Å². The minimum Gasteiger partial charge on any atom is -0.382 e. The number of methoxy groups -OCH3 is 1. The van der Waals surface area contributed by atoms with Gasteiger partial charge in [-0.05, 0) is 38.8 Å². The van der Waals surface area contributed by atoms with Gasteiger partial charge >= 0.3 is 0 Å². The van der Waals surface area contributed by atoms with Crippen LogP contribution in [0.4, 0.5) is 0 Å². The standard InChI is InChI=1S/C18H34N4O3.HI/c1-19-17(21-9-12-25-16(13-21)14-23-2)20-15-18(5-10-24-11-6-18)22-7-3-4-8-22;/h16H,3-15H2,1-2H3,(H,19,20);1H. The summed E-state index contributed by atoms with van der Waals surface area (Å²) in [6.45, 7) is 8.15. The molecule has 3 saturated heterocycles. The van der Waals surface area contributed by atoms with Gasteiger partial charge in [-0.1, -0.05) is 0 Å². The summed E-state index contributed by atoms with van der Waals surface area (Å²) in [5.41, 5.74) is 0.211. The van der Waals surface area contributed by atoms with Crippen LogP contribution in [-0.2, 0) is 14.2 Å². The Hall–Kier alpha value is -0.160. The molecule has 1 unspecified atom stereocenters. The third kappa shape index (κ3) is 5.43. The highest BCUT2D eigenvalue weighted by Crippen LogP contribution is 2.30. The van der Waals surface area contributed by atoms with Gasteiger partial charge in [-0.2, -0.15) is 0 Å². The lowest BCUT2D eigenvalue weighted by Gasteiger charge is -2.45. The topological polar surface area (TPSA) is 58.6 Å². The van der Waals surface area contributed by atoms with E-state index in [0.29, 0.717) is 6.61 Å². The number of likely N-dealkylation sites (tertiary alicyclic amines) is 1. The Balaban J connectivity index is 0.00000243. The Labute approximate surface area is 174 Å². The van der Waals surface area contributed by atoms with Crippen molar-refractivity contribution in [3.63, 3.8) is 0 Å². The predicted molar refractivity (Wildman–Crippen MR) is 114 cm³/mol. The number of nitrogens with zero attached hydrogens (tertiary/aromatic N) is 3. The van der Waals surface area contributed by atoms with Crippen LogP contribution in [0.2, 0.25) is 0 Å². The van der Waals surface area contributed by atoms with Crippen LogP contribution in [0.25, 0.3) is 0 Å². The molecule has 26 heavy (non-hydrogen) atoms. The number of hydrogen-bond acceptors (Lipinski definition) is 5. The van der Waals surface area contributed by atoms with E-state index in [2.05, 4.69) is 20.1 Å². The Bertz CT molecular complexity index is 438. The van der Waals surface area contributed by atoms with Crippen LogP contribution < -0.4 is 5.32 Å². The summed E-state index contributed by atoms with van der Waals surface area (Å²) in [6.07, 6.45) is 4.96. The highest BCUT2D eigenvalue weighted by molar-refractivity contribution is 14.0. The van der Waals surface area contributed by atoms with Crippen LogP contribution in [0.15, 0.2) is 4.99 Å². The summed E-state index contributed by atoms with van der Waals surface area (Å²) >= 11 is 0. The minimum absolute atomic E-state index is 0. The van der Waals surface area contributed by atoms with Gasteiger partial charge in [0.05, 0.1) is 19.3 Å². The Kier molecular flexibility index (Phi) is 9.36. The van der Waals surface area contributed by atoms with Gasteiger partial charge in [-0.15, -0.1) is 24.0 Å². The molecule has 0 aliphatic carbocycles. The molecule has 0 spiro atoms. The SMILES string of the molecule is CN=C(NCC1(N2CCCC2)CCOCC1)N1CCOC(COC)C1.I. The Morgan fingerprint density at radius 3 is 2.58 bits per heavy atom. The Morgan fingerprint density at radius 2 is 1.92 bits per heavy atom. The van der Waals surface area contributed by atoms with E-state index in [1.807, 2.05) is 7.05 Å². The number of aliphatic imine (C=N–C) groups is 1. The fourth-order valence-corrected chi connectivity index (χ4v) is 4.32. The van der Waals surface area contributed by atoms with Crippen LogP contribution in [-0.4, -0.2) is 101 Å². The molecule has 0 radical (unpaired) electrons. The molecule has 3 heterocycles. The maximum Gasteiger partial charge on any atom is 0.193 e. The third-order valence-corrected chi connectivity index (χ3v) is 5.78. The molecule has 3 aliphatic rings. The molecule has 3 rings (SSSR count). The highest BCUT2D eigenvalue weighted by atomic mass is 127. The molecular formula is C18H35IN4O3. The zero-order chi connectivity index (χ0) is 17.5. The molecule has 3 aliphatic heterocycles. The van der Waals surface area contributed by atoms with Crippen molar-refractivity contribution in [3.8, 4) is 0 Å². The zero-order valence-electron chi connectivity index (χ0n) is 16.2. The molecule has 1 atom stereocenters. The van der Waals surface area contributed by atoms with Crippen LogP contribution in [0, 0.1) is 0 Å². The summed E-state index contributed by atoms with van der Waals surface area (Å²) in [6, 6.07) is 0. The number of guanidine groups is 1. The summed E-state index contributed by atoms with van der Waals surface area (Å²) in [4.78, 5) is 9.51. The van der Waals surface area contributed by atoms with Crippen molar-refractivity contribution >= 4 is 29.9 Å². The van der Waals surface area contributed by atoms with Crippen molar-refractivity contribution in [1.29, 1.82) is 0 Å². The highest BCUT2D eigenvalue weighted by Gasteiger charge is 2.40. The first kappa shape index (κ1) is 22.1. The van der Waals surface area contributed by atoms with E-state index in [9.17, 15) is 0 Å². The average Bonchev–Trinajstić information content (AvgIpc) is 3.19. The molecule has 152 valence electrons. The first-order chi connectivity index (χ1) is 12.3. The maximum atomic E-state index is 5.76. The molecule has 0 aromatic carbocycles. The van der Waals surface area contributed by atoms with E-state index in [-0.39, 0.29) is 35.6 Å². The van der Waals surface area contributed by atoms with E-state index in [4.69, 9.17) is 14.2 Å². The summed E-state index contributed by atoms with van der Waals surface area (Å²) in [5, 5.41) is 3.67. The fraction of sp³-hybridized carbons (Fsp3) is 0.944. The van der Waals surface area contributed by atoms with Gasteiger partial charge in [-0.3, -0.25) is 9.89 Å². The fourth-order valence-electron chi connectivity index (χ4n) is 4.32. The van der Waals surface area contributed by atoms with Gasteiger partial charge in [0.25, 0.3) is 0 Å². The number of rotatable bonds is 5. The van der Waals surface area contributed by atoms with Gasteiger partial charge in [-0.25, -0.2) is 0 Å². The second kappa shape index (κ2) is 11.0. The number of halogens is 1. The van der Waals surface area contributed by atoms with E-state index < -0.39 is 0 Å². The molecule has 7 nitrogen and oxygen atoms in total. The number of ether oxygens (including phenoxy) is 3. The Morgan fingerprint density at radius 1 is 1.19 bits per heavy atom. The van der Waals surface area contributed by atoms with Crippen LogP contribution in [0.5, 0.6) is 0 Å². The molecule has 0 saturated carbocycles. The molecule has 8 heteroatoms. The number of hydrogen-bond donors (Lipinski definition) is 1. The van der Waals surface area contributed by atoms with Crippen LogP contribution in [0.3, 0.4) is 0 Å². The predicted octanol–water partition coefficient (Wildman–Crippen LogP) is 1.17. The van der Waals surface area contributed by atoms with Gasteiger partial charge in [0.1, 0.15) is 0 Å². The van der Waals surface area contributed by atoms with Crippen molar-refractivity contribution in [2.75, 3.05) is 73.3 Å². The number of morpholine rings is 1. The van der Waals surface area contributed by atoms with E-state index in [1.54, 1.807) is 7.11 Å². The molecule has 0 amide bonds. The first-order valence-electron chi connectivity index (χ1n) is 9.66. The van der Waals surface area contributed by atoms with Crippen molar-refractivity contribution in [3.05, 3.63) is 0 Å². The van der Waals surface area contributed by atoms with Crippen molar-refractivity contribution in [2.45, 2.75) is 37.3 Å². The lowest BCUT2D eigenvalue weighted by molar-refractivity contribution is -0.0454. The first-order valence-corrected chi connectivity index (χ1v) is 9.66. The number of nitrogens with one attached hydrogen (secondary N) is 1. The second-order valence-electron chi connectivity index (χ2n) is 7.33. The summed E-state index contributed by atoms with van der Waals surface area (Å²) in [5.74, 6) is 0.981. The average molecular weight is 482 g/mol. The smallest absolute Gasteiger partial charge is 0.193 e. The van der Waals surface area contributed by atoms with Gasteiger partial charge in [0.2, 0.25) is 0 Å². The molecule has 0 aromatic heterocycles. The molecular weight excluding hydrogens is 447 g/mol. The van der Waals surface area contributed by atoms with E-state index in [1.165, 1.54) is 25.9 Å². The summed E-state index contributed by atoms with van der Waals surface area (Å²) < 4.78 is 16.7. The molecule has 0 aromatic rings.